The van der Waals surface area contributed by atoms with E-state index in [1.54, 1.807) is 0 Å². The molecule has 1 fully saturated rings. The topological polar surface area (TPSA) is 3.24 Å². The van der Waals surface area contributed by atoms with Crippen molar-refractivity contribution in [2.24, 2.45) is 0 Å². The Hall–Kier alpha value is -1.57. The number of likely N-dealkylation sites (tertiary alicyclic amines) is 1. The van der Waals surface area contributed by atoms with Crippen molar-refractivity contribution in [1.29, 1.82) is 0 Å². The lowest BCUT2D eigenvalue weighted by Crippen LogP contribution is -2.26. The molecule has 1 saturated heterocycles. The number of benzene rings is 2. The molecule has 1 nitrogen and oxygen atoms in total. The van der Waals surface area contributed by atoms with Crippen LogP contribution in [-0.4, -0.2) is 24.5 Å². The third-order valence-electron chi connectivity index (χ3n) is 4.32. The van der Waals surface area contributed by atoms with Gasteiger partial charge in [0, 0.05) is 17.0 Å². The summed E-state index contributed by atoms with van der Waals surface area (Å²) in [4.78, 5) is 2.42. The van der Waals surface area contributed by atoms with Gasteiger partial charge in [-0.1, -0.05) is 72.3 Å². The molecule has 0 amide bonds. The zero-order valence-corrected chi connectivity index (χ0v) is 13.0. The Morgan fingerprint density at radius 1 is 1.05 bits per heavy atom. The molecule has 1 aliphatic rings. The molecule has 0 N–H and O–H groups in total. The molecular formula is C19H20ClN. The van der Waals surface area contributed by atoms with Crippen LogP contribution >= 0.6 is 11.6 Å². The van der Waals surface area contributed by atoms with Crippen molar-refractivity contribution in [1.82, 2.24) is 4.90 Å². The predicted octanol–water partition coefficient (Wildman–Crippen LogP) is 4.84. The first-order valence-corrected chi connectivity index (χ1v) is 7.81. The van der Waals surface area contributed by atoms with Crippen LogP contribution in [0.1, 0.15) is 23.5 Å². The third-order valence-corrected chi connectivity index (χ3v) is 4.66. The van der Waals surface area contributed by atoms with Gasteiger partial charge in [-0.2, -0.15) is 0 Å². The van der Waals surface area contributed by atoms with E-state index in [0.29, 0.717) is 12.0 Å². The fourth-order valence-corrected chi connectivity index (χ4v) is 3.33. The van der Waals surface area contributed by atoms with E-state index in [-0.39, 0.29) is 0 Å². The van der Waals surface area contributed by atoms with Crippen LogP contribution in [0.2, 0.25) is 5.02 Å². The first-order valence-electron chi connectivity index (χ1n) is 7.43. The van der Waals surface area contributed by atoms with Crippen LogP contribution in [0.15, 0.2) is 60.7 Å². The smallest absolute Gasteiger partial charge is 0.0478 e. The van der Waals surface area contributed by atoms with Gasteiger partial charge < -0.3 is 0 Å². The Labute approximate surface area is 131 Å². The molecule has 0 unspecified atom stereocenters. The van der Waals surface area contributed by atoms with Gasteiger partial charge in [0.1, 0.15) is 0 Å². The average Bonchev–Trinajstić information content (AvgIpc) is 2.88. The number of likely N-dealkylation sites (N-methyl/N-ethyl adjacent to an activating group) is 1. The van der Waals surface area contributed by atoms with Crippen LogP contribution in [0.25, 0.3) is 6.08 Å². The molecule has 108 valence electrons. The van der Waals surface area contributed by atoms with Gasteiger partial charge in [-0.05, 0) is 37.2 Å². The number of halogens is 1. The Morgan fingerprint density at radius 3 is 2.52 bits per heavy atom. The van der Waals surface area contributed by atoms with E-state index in [0.717, 1.165) is 17.1 Å². The molecule has 0 bridgehead atoms. The third kappa shape index (κ3) is 3.20. The quantitative estimate of drug-likeness (QED) is 0.783. The van der Waals surface area contributed by atoms with Crippen LogP contribution in [-0.2, 0) is 0 Å². The normalized spacial score (nSPS) is 23.0. The van der Waals surface area contributed by atoms with E-state index in [1.807, 2.05) is 18.2 Å². The Bertz CT molecular complexity index is 620. The maximum absolute atomic E-state index is 6.23. The minimum atomic E-state index is 0.434. The largest absolute Gasteiger partial charge is 0.299 e. The maximum atomic E-state index is 6.23. The highest BCUT2D eigenvalue weighted by atomic mass is 35.5. The van der Waals surface area contributed by atoms with Crippen molar-refractivity contribution in [3.05, 3.63) is 76.8 Å². The summed E-state index contributed by atoms with van der Waals surface area (Å²) in [5.41, 5.74) is 2.52. The maximum Gasteiger partial charge on any atom is 0.0478 e. The van der Waals surface area contributed by atoms with Crippen molar-refractivity contribution < 1.29 is 0 Å². The fourth-order valence-electron chi connectivity index (χ4n) is 3.13. The van der Waals surface area contributed by atoms with Crippen LogP contribution in [0.3, 0.4) is 0 Å². The Kier molecular flexibility index (Phi) is 4.42. The summed E-state index contributed by atoms with van der Waals surface area (Å²) < 4.78 is 0. The number of rotatable bonds is 3. The highest BCUT2D eigenvalue weighted by Crippen LogP contribution is 2.33. The van der Waals surface area contributed by atoms with Crippen LogP contribution in [0.5, 0.6) is 0 Å². The summed E-state index contributed by atoms with van der Waals surface area (Å²) in [6.07, 6.45) is 5.66. The molecule has 0 saturated carbocycles. The standard InChI is InChI=1S/C19H20ClN/c1-21-14-13-17(15-7-3-2-4-8-15)19(21)12-11-16-9-5-6-10-18(16)20/h2-12,17,19H,13-14H2,1H3/t17-,19-/m1/s1. The van der Waals surface area contributed by atoms with Crippen molar-refractivity contribution in [2.45, 2.75) is 18.4 Å². The molecule has 2 aromatic carbocycles. The first-order chi connectivity index (χ1) is 10.3. The highest BCUT2D eigenvalue weighted by Gasteiger charge is 2.30. The minimum absolute atomic E-state index is 0.434. The van der Waals surface area contributed by atoms with E-state index in [9.17, 15) is 0 Å². The van der Waals surface area contributed by atoms with Crippen molar-refractivity contribution in [3.63, 3.8) is 0 Å². The van der Waals surface area contributed by atoms with Crippen LogP contribution in [0, 0.1) is 0 Å². The molecule has 0 radical (unpaired) electrons. The Morgan fingerprint density at radius 2 is 1.76 bits per heavy atom. The molecule has 2 heteroatoms. The molecular weight excluding hydrogens is 278 g/mol. The van der Waals surface area contributed by atoms with Crippen LogP contribution < -0.4 is 0 Å². The summed E-state index contributed by atoms with van der Waals surface area (Å²) in [5.74, 6) is 0.565. The second-order valence-electron chi connectivity index (χ2n) is 5.66. The molecule has 0 aromatic heterocycles. The molecule has 0 spiro atoms. The van der Waals surface area contributed by atoms with Crippen LogP contribution in [0.4, 0.5) is 0 Å². The number of nitrogens with zero attached hydrogens (tertiary/aromatic N) is 1. The average molecular weight is 298 g/mol. The monoisotopic (exact) mass is 297 g/mol. The van der Waals surface area contributed by atoms with Crippen molar-refractivity contribution >= 4 is 17.7 Å². The summed E-state index contributed by atoms with van der Waals surface area (Å²) in [7, 11) is 2.20. The van der Waals surface area contributed by atoms with Gasteiger partial charge >= 0.3 is 0 Å². The van der Waals surface area contributed by atoms with E-state index in [4.69, 9.17) is 11.6 Å². The summed E-state index contributed by atoms with van der Waals surface area (Å²) in [6, 6.07) is 19.2. The number of hydrogen-bond acceptors (Lipinski definition) is 1. The van der Waals surface area contributed by atoms with Gasteiger partial charge in [-0.15, -0.1) is 0 Å². The zero-order valence-electron chi connectivity index (χ0n) is 12.2. The second kappa shape index (κ2) is 6.46. The predicted molar refractivity (Wildman–Crippen MR) is 90.7 cm³/mol. The lowest BCUT2D eigenvalue weighted by atomic mass is 9.91. The molecule has 0 aliphatic carbocycles. The molecule has 1 heterocycles. The van der Waals surface area contributed by atoms with Crippen molar-refractivity contribution in [2.75, 3.05) is 13.6 Å². The van der Waals surface area contributed by atoms with Crippen molar-refractivity contribution in [3.8, 4) is 0 Å². The molecule has 21 heavy (non-hydrogen) atoms. The zero-order chi connectivity index (χ0) is 14.7. The lowest BCUT2D eigenvalue weighted by molar-refractivity contribution is 0.347. The second-order valence-corrected chi connectivity index (χ2v) is 6.06. The van der Waals surface area contributed by atoms with E-state index in [2.05, 4.69) is 60.5 Å². The van der Waals surface area contributed by atoms with Gasteiger partial charge in [0.2, 0.25) is 0 Å². The SMILES string of the molecule is CN1CC[C@H](c2ccccc2)[C@H]1C=Cc1ccccc1Cl. The van der Waals surface area contributed by atoms with Gasteiger partial charge in [0.25, 0.3) is 0 Å². The van der Waals surface area contributed by atoms with E-state index >= 15 is 0 Å². The molecule has 1 aliphatic heterocycles. The van der Waals surface area contributed by atoms with E-state index < -0.39 is 0 Å². The lowest BCUT2D eigenvalue weighted by Gasteiger charge is -2.22. The minimum Gasteiger partial charge on any atom is -0.299 e. The highest BCUT2D eigenvalue weighted by molar-refractivity contribution is 6.32. The van der Waals surface area contributed by atoms with Gasteiger partial charge in [-0.25, -0.2) is 0 Å². The van der Waals surface area contributed by atoms with Gasteiger partial charge in [0.05, 0.1) is 0 Å². The molecule has 2 atom stereocenters. The van der Waals surface area contributed by atoms with E-state index in [1.165, 1.54) is 12.0 Å². The number of hydrogen-bond donors (Lipinski definition) is 0. The Balaban J connectivity index is 1.84. The molecule has 3 rings (SSSR count). The summed E-state index contributed by atoms with van der Waals surface area (Å²) >= 11 is 6.23. The summed E-state index contributed by atoms with van der Waals surface area (Å²) in [5, 5.41) is 0.811. The fraction of sp³-hybridized carbons (Fsp3) is 0.263. The molecule has 2 aromatic rings. The summed E-state index contributed by atoms with van der Waals surface area (Å²) in [6.45, 7) is 1.14. The van der Waals surface area contributed by atoms with Gasteiger partial charge in [0.15, 0.2) is 0 Å². The first kappa shape index (κ1) is 14.4. The van der Waals surface area contributed by atoms with Gasteiger partial charge in [-0.3, -0.25) is 4.90 Å².